The van der Waals surface area contributed by atoms with Crippen LogP contribution in [0.1, 0.15) is 18.9 Å². The predicted octanol–water partition coefficient (Wildman–Crippen LogP) is 2.18. The lowest BCUT2D eigenvalue weighted by molar-refractivity contribution is 0.470. The van der Waals surface area contributed by atoms with E-state index in [4.69, 9.17) is 0 Å². The molecule has 3 unspecified atom stereocenters. The van der Waals surface area contributed by atoms with Gasteiger partial charge in [-0.3, -0.25) is 0 Å². The van der Waals surface area contributed by atoms with E-state index in [1.54, 1.807) is 12.1 Å². The number of hydrogen-bond donors (Lipinski definition) is 2. The van der Waals surface area contributed by atoms with Gasteiger partial charge in [0.2, 0.25) is 0 Å². The first kappa shape index (κ1) is 10.5. The topological polar surface area (TPSA) is 32.3 Å². The third-order valence-electron chi connectivity index (χ3n) is 3.45. The summed E-state index contributed by atoms with van der Waals surface area (Å²) in [7, 11) is 2.04. The van der Waals surface area contributed by atoms with Gasteiger partial charge in [0, 0.05) is 6.04 Å². The van der Waals surface area contributed by atoms with E-state index in [1.807, 2.05) is 19.2 Å². The van der Waals surface area contributed by atoms with Crippen LogP contribution >= 0.6 is 0 Å². The Bertz CT molecular complexity index is 320. The molecule has 2 N–H and O–H groups in total. The molecule has 82 valence electrons. The maximum Gasteiger partial charge on any atom is 0.115 e. The fourth-order valence-corrected chi connectivity index (χ4v) is 2.27. The van der Waals surface area contributed by atoms with E-state index in [0.29, 0.717) is 11.8 Å². The van der Waals surface area contributed by atoms with Gasteiger partial charge in [0.05, 0.1) is 0 Å². The molecule has 1 aromatic rings. The van der Waals surface area contributed by atoms with Crippen LogP contribution in [0.2, 0.25) is 0 Å². The average Bonchev–Trinajstić information content (AvgIpc) is 2.95. The van der Waals surface area contributed by atoms with E-state index in [-0.39, 0.29) is 0 Å². The number of hydrogen-bond acceptors (Lipinski definition) is 2. The Kier molecular flexibility index (Phi) is 2.96. The quantitative estimate of drug-likeness (QED) is 0.789. The van der Waals surface area contributed by atoms with E-state index in [9.17, 15) is 5.11 Å². The van der Waals surface area contributed by atoms with Gasteiger partial charge in [-0.1, -0.05) is 19.1 Å². The number of phenolic OH excluding ortho intramolecular Hbond substituents is 1. The molecule has 0 aromatic heterocycles. The number of nitrogens with one attached hydrogen (secondary N) is 1. The summed E-state index contributed by atoms with van der Waals surface area (Å²) in [4.78, 5) is 0. The minimum absolute atomic E-state index is 0.347. The van der Waals surface area contributed by atoms with Crippen LogP contribution in [0.4, 0.5) is 0 Å². The number of rotatable bonds is 4. The van der Waals surface area contributed by atoms with Gasteiger partial charge in [0.25, 0.3) is 0 Å². The Labute approximate surface area is 91.3 Å². The molecule has 1 aromatic carbocycles. The maximum atomic E-state index is 9.20. The summed E-state index contributed by atoms with van der Waals surface area (Å²) >= 11 is 0. The van der Waals surface area contributed by atoms with E-state index in [0.717, 1.165) is 18.3 Å². The van der Waals surface area contributed by atoms with Gasteiger partial charge < -0.3 is 10.4 Å². The standard InChI is InChI=1S/C13H19NO/c1-9-7-12(9)13(14-2)8-10-3-5-11(15)6-4-10/h3-6,9,12-15H,7-8H2,1-2H3. The van der Waals surface area contributed by atoms with Crippen LogP contribution < -0.4 is 5.32 Å². The van der Waals surface area contributed by atoms with Gasteiger partial charge in [-0.05, 0) is 49.4 Å². The van der Waals surface area contributed by atoms with Crippen LogP contribution in [0.25, 0.3) is 0 Å². The highest BCUT2D eigenvalue weighted by Crippen LogP contribution is 2.41. The Morgan fingerprint density at radius 2 is 2.00 bits per heavy atom. The molecule has 2 rings (SSSR count). The fraction of sp³-hybridized carbons (Fsp3) is 0.538. The fourth-order valence-electron chi connectivity index (χ4n) is 2.27. The van der Waals surface area contributed by atoms with Crippen LogP contribution in [0.3, 0.4) is 0 Å². The maximum absolute atomic E-state index is 9.20. The first-order valence-corrected chi connectivity index (χ1v) is 5.66. The third kappa shape index (κ3) is 2.51. The van der Waals surface area contributed by atoms with Gasteiger partial charge in [-0.2, -0.15) is 0 Å². The van der Waals surface area contributed by atoms with Crippen LogP contribution in [0.5, 0.6) is 5.75 Å². The third-order valence-corrected chi connectivity index (χ3v) is 3.45. The summed E-state index contributed by atoms with van der Waals surface area (Å²) < 4.78 is 0. The molecule has 1 aliphatic carbocycles. The SMILES string of the molecule is CNC(Cc1ccc(O)cc1)C1CC1C. The van der Waals surface area contributed by atoms with Crippen molar-refractivity contribution in [1.82, 2.24) is 5.32 Å². The second kappa shape index (κ2) is 4.23. The van der Waals surface area contributed by atoms with Crippen molar-refractivity contribution in [3.8, 4) is 5.75 Å². The highest BCUT2D eigenvalue weighted by atomic mass is 16.3. The molecule has 0 heterocycles. The van der Waals surface area contributed by atoms with Gasteiger partial charge in [0.15, 0.2) is 0 Å². The summed E-state index contributed by atoms with van der Waals surface area (Å²) in [5.74, 6) is 2.06. The van der Waals surface area contributed by atoms with Crippen molar-refractivity contribution in [2.24, 2.45) is 11.8 Å². The van der Waals surface area contributed by atoms with Crippen LogP contribution in [-0.4, -0.2) is 18.2 Å². The second-order valence-electron chi connectivity index (χ2n) is 4.64. The van der Waals surface area contributed by atoms with E-state index in [1.165, 1.54) is 12.0 Å². The summed E-state index contributed by atoms with van der Waals surface area (Å²) in [6.45, 7) is 2.31. The van der Waals surface area contributed by atoms with Crippen molar-refractivity contribution in [2.45, 2.75) is 25.8 Å². The smallest absolute Gasteiger partial charge is 0.115 e. The molecular formula is C13H19NO. The highest BCUT2D eigenvalue weighted by molar-refractivity contribution is 5.26. The molecule has 3 atom stereocenters. The molecule has 1 aliphatic rings. The lowest BCUT2D eigenvalue weighted by Gasteiger charge is -2.15. The van der Waals surface area contributed by atoms with Crippen molar-refractivity contribution in [3.05, 3.63) is 29.8 Å². The van der Waals surface area contributed by atoms with Crippen LogP contribution in [0.15, 0.2) is 24.3 Å². The zero-order chi connectivity index (χ0) is 10.8. The molecule has 0 saturated heterocycles. The lowest BCUT2D eigenvalue weighted by atomic mass is 10.0. The minimum Gasteiger partial charge on any atom is -0.508 e. The summed E-state index contributed by atoms with van der Waals surface area (Å²) in [6, 6.07) is 8.13. The molecule has 1 fully saturated rings. The Balaban J connectivity index is 1.97. The molecule has 0 bridgehead atoms. The second-order valence-corrected chi connectivity index (χ2v) is 4.64. The highest BCUT2D eigenvalue weighted by Gasteiger charge is 2.38. The molecule has 0 amide bonds. The summed E-state index contributed by atoms with van der Waals surface area (Å²) in [5.41, 5.74) is 1.30. The molecular weight excluding hydrogens is 186 g/mol. The first-order chi connectivity index (χ1) is 7.20. The normalized spacial score (nSPS) is 26.3. The van der Waals surface area contributed by atoms with E-state index >= 15 is 0 Å². The number of phenols is 1. The molecule has 0 spiro atoms. The summed E-state index contributed by atoms with van der Waals surface area (Å²) in [6.07, 6.45) is 2.41. The number of likely N-dealkylation sites (N-methyl/N-ethyl adjacent to an activating group) is 1. The predicted molar refractivity (Wildman–Crippen MR) is 61.9 cm³/mol. The van der Waals surface area contributed by atoms with E-state index < -0.39 is 0 Å². The zero-order valence-electron chi connectivity index (χ0n) is 9.40. The van der Waals surface area contributed by atoms with Gasteiger partial charge in [-0.15, -0.1) is 0 Å². The average molecular weight is 205 g/mol. The van der Waals surface area contributed by atoms with Crippen molar-refractivity contribution >= 4 is 0 Å². The molecule has 2 nitrogen and oxygen atoms in total. The molecule has 2 heteroatoms. The van der Waals surface area contributed by atoms with Gasteiger partial charge in [-0.25, -0.2) is 0 Å². The summed E-state index contributed by atoms with van der Waals surface area (Å²) in [5, 5.41) is 12.6. The monoisotopic (exact) mass is 205 g/mol. The lowest BCUT2D eigenvalue weighted by Crippen LogP contribution is -2.30. The van der Waals surface area contributed by atoms with Gasteiger partial charge >= 0.3 is 0 Å². The van der Waals surface area contributed by atoms with Crippen molar-refractivity contribution in [1.29, 1.82) is 0 Å². The Morgan fingerprint density at radius 3 is 2.47 bits per heavy atom. The van der Waals surface area contributed by atoms with Crippen molar-refractivity contribution in [3.63, 3.8) is 0 Å². The molecule has 0 radical (unpaired) electrons. The van der Waals surface area contributed by atoms with Crippen molar-refractivity contribution in [2.75, 3.05) is 7.05 Å². The number of benzene rings is 1. The number of aromatic hydroxyl groups is 1. The Hall–Kier alpha value is -1.02. The Morgan fingerprint density at radius 1 is 1.40 bits per heavy atom. The molecule has 1 saturated carbocycles. The van der Waals surface area contributed by atoms with E-state index in [2.05, 4.69) is 12.2 Å². The van der Waals surface area contributed by atoms with Crippen LogP contribution in [-0.2, 0) is 6.42 Å². The largest absolute Gasteiger partial charge is 0.508 e. The first-order valence-electron chi connectivity index (χ1n) is 5.66. The van der Waals surface area contributed by atoms with Crippen LogP contribution in [0, 0.1) is 11.8 Å². The van der Waals surface area contributed by atoms with Gasteiger partial charge in [0.1, 0.15) is 5.75 Å². The molecule has 15 heavy (non-hydrogen) atoms. The van der Waals surface area contributed by atoms with Crippen molar-refractivity contribution < 1.29 is 5.11 Å². The minimum atomic E-state index is 0.347. The molecule has 0 aliphatic heterocycles. The zero-order valence-corrected chi connectivity index (χ0v) is 9.40.